The van der Waals surface area contributed by atoms with E-state index in [0.29, 0.717) is 42.4 Å². The Morgan fingerprint density at radius 2 is 1.64 bits per heavy atom. The minimum Gasteiger partial charge on any atom is -0.497 e. The van der Waals surface area contributed by atoms with E-state index in [-0.39, 0.29) is 11.9 Å². The summed E-state index contributed by atoms with van der Waals surface area (Å²) in [5.74, 6) is 2.73. The van der Waals surface area contributed by atoms with Crippen LogP contribution in [-0.2, 0) is 6.42 Å². The molecule has 0 bridgehead atoms. The van der Waals surface area contributed by atoms with Crippen molar-refractivity contribution in [2.45, 2.75) is 12.5 Å². The van der Waals surface area contributed by atoms with Crippen LogP contribution in [0.4, 0.5) is 0 Å². The number of benzene rings is 3. The molecular formula is C26H26BrNO5. The maximum absolute atomic E-state index is 13.5. The molecule has 3 aromatic rings. The van der Waals surface area contributed by atoms with Crippen LogP contribution in [-0.4, -0.2) is 45.3 Å². The molecule has 0 aliphatic carbocycles. The highest BCUT2D eigenvalue weighted by molar-refractivity contribution is 9.10. The molecule has 1 amide bonds. The first-order chi connectivity index (χ1) is 16.0. The average molecular weight is 512 g/mol. The number of rotatable bonds is 7. The summed E-state index contributed by atoms with van der Waals surface area (Å²) in [6.07, 6.45) is 0.717. The van der Waals surface area contributed by atoms with Crippen molar-refractivity contribution in [2.24, 2.45) is 0 Å². The molecule has 1 aliphatic heterocycles. The van der Waals surface area contributed by atoms with E-state index < -0.39 is 0 Å². The summed E-state index contributed by atoms with van der Waals surface area (Å²) < 4.78 is 23.3. The first-order valence-electron chi connectivity index (χ1n) is 10.6. The molecule has 1 heterocycles. The monoisotopic (exact) mass is 511 g/mol. The Kier molecular flexibility index (Phi) is 7.08. The van der Waals surface area contributed by atoms with Gasteiger partial charge in [-0.1, -0.05) is 22.0 Å². The summed E-state index contributed by atoms with van der Waals surface area (Å²) in [4.78, 5) is 15.4. The van der Waals surface area contributed by atoms with Crippen molar-refractivity contribution in [3.05, 3.63) is 81.8 Å². The van der Waals surface area contributed by atoms with Crippen LogP contribution in [0.3, 0.4) is 0 Å². The standard InChI is InChI=1S/C26H26BrNO5/c1-30-20-7-9-21(10-8-20)33-16-23-22-15-25(32-3)24(31-2)14-17(22)11-12-28(23)26(29)18-5-4-6-19(27)13-18/h4-10,13-15,23H,11-12,16H2,1-3H3/t23-/m1/s1. The number of ether oxygens (including phenoxy) is 4. The van der Waals surface area contributed by atoms with E-state index in [4.69, 9.17) is 18.9 Å². The van der Waals surface area contributed by atoms with Crippen molar-refractivity contribution in [1.82, 2.24) is 4.90 Å². The highest BCUT2D eigenvalue weighted by Crippen LogP contribution is 2.39. The molecule has 1 atom stereocenters. The molecule has 4 rings (SSSR count). The zero-order valence-electron chi connectivity index (χ0n) is 18.8. The number of halogens is 1. The lowest BCUT2D eigenvalue weighted by Gasteiger charge is -2.37. The lowest BCUT2D eigenvalue weighted by molar-refractivity contribution is 0.0589. The van der Waals surface area contributed by atoms with E-state index in [1.807, 2.05) is 65.6 Å². The van der Waals surface area contributed by atoms with Gasteiger partial charge in [-0.15, -0.1) is 0 Å². The van der Waals surface area contributed by atoms with E-state index in [1.165, 1.54) is 0 Å². The fraction of sp³-hybridized carbons (Fsp3) is 0.269. The van der Waals surface area contributed by atoms with Crippen LogP contribution < -0.4 is 18.9 Å². The number of methoxy groups -OCH3 is 3. The summed E-state index contributed by atoms with van der Waals surface area (Å²) in [6.45, 7) is 0.874. The van der Waals surface area contributed by atoms with Gasteiger partial charge >= 0.3 is 0 Å². The van der Waals surface area contributed by atoms with Crippen molar-refractivity contribution >= 4 is 21.8 Å². The third-order valence-corrected chi connectivity index (χ3v) is 6.30. The topological polar surface area (TPSA) is 57.2 Å². The van der Waals surface area contributed by atoms with Crippen molar-refractivity contribution < 1.29 is 23.7 Å². The molecule has 172 valence electrons. The Bertz CT molecular complexity index is 1130. The second kappa shape index (κ2) is 10.2. The van der Waals surface area contributed by atoms with Gasteiger partial charge in [-0.3, -0.25) is 4.79 Å². The van der Waals surface area contributed by atoms with Gasteiger partial charge in [-0.2, -0.15) is 0 Å². The molecular weight excluding hydrogens is 486 g/mol. The quantitative estimate of drug-likeness (QED) is 0.431. The maximum atomic E-state index is 13.5. The minimum absolute atomic E-state index is 0.0416. The van der Waals surface area contributed by atoms with Gasteiger partial charge in [-0.05, 0) is 72.1 Å². The number of amides is 1. The third kappa shape index (κ3) is 4.93. The van der Waals surface area contributed by atoms with Crippen LogP contribution in [0, 0.1) is 0 Å². The Hall–Kier alpha value is -3.19. The fourth-order valence-electron chi connectivity index (χ4n) is 4.09. The molecule has 0 aromatic heterocycles. The number of hydrogen-bond donors (Lipinski definition) is 0. The van der Waals surface area contributed by atoms with E-state index in [9.17, 15) is 4.79 Å². The number of nitrogens with zero attached hydrogens (tertiary/aromatic N) is 1. The Morgan fingerprint density at radius 1 is 0.939 bits per heavy atom. The predicted octanol–water partition coefficient (Wildman–Crippen LogP) is 5.29. The molecule has 0 spiro atoms. The minimum atomic E-state index is -0.290. The van der Waals surface area contributed by atoms with Gasteiger partial charge in [0.1, 0.15) is 18.1 Å². The number of fused-ring (bicyclic) bond motifs is 1. The smallest absolute Gasteiger partial charge is 0.254 e. The molecule has 33 heavy (non-hydrogen) atoms. The van der Waals surface area contributed by atoms with Crippen molar-refractivity contribution in [3.8, 4) is 23.0 Å². The van der Waals surface area contributed by atoms with Crippen LogP contribution in [0.1, 0.15) is 27.5 Å². The summed E-state index contributed by atoms with van der Waals surface area (Å²) in [5.41, 5.74) is 2.74. The molecule has 6 nitrogen and oxygen atoms in total. The van der Waals surface area contributed by atoms with Gasteiger partial charge in [-0.25, -0.2) is 0 Å². The SMILES string of the molecule is COc1ccc(OC[C@@H]2c3cc(OC)c(OC)cc3CCN2C(=O)c2cccc(Br)c2)cc1. The lowest BCUT2D eigenvalue weighted by atomic mass is 9.91. The zero-order chi connectivity index (χ0) is 23.4. The van der Waals surface area contributed by atoms with Crippen LogP contribution >= 0.6 is 15.9 Å². The van der Waals surface area contributed by atoms with Crippen molar-refractivity contribution in [3.63, 3.8) is 0 Å². The summed E-state index contributed by atoms with van der Waals surface area (Å²) in [5, 5.41) is 0. The largest absolute Gasteiger partial charge is 0.497 e. The van der Waals surface area contributed by atoms with Gasteiger partial charge in [0.25, 0.3) is 5.91 Å². The van der Waals surface area contributed by atoms with Crippen LogP contribution in [0.5, 0.6) is 23.0 Å². The van der Waals surface area contributed by atoms with Gasteiger partial charge in [0.2, 0.25) is 0 Å². The number of carbonyl (C=O) groups excluding carboxylic acids is 1. The molecule has 0 fully saturated rings. The van der Waals surface area contributed by atoms with Gasteiger partial charge in [0.15, 0.2) is 11.5 Å². The van der Waals surface area contributed by atoms with E-state index in [2.05, 4.69) is 15.9 Å². The average Bonchev–Trinajstić information content (AvgIpc) is 2.86. The second-order valence-electron chi connectivity index (χ2n) is 7.67. The Balaban J connectivity index is 1.69. The van der Waals surface area contributed by atoms with Crippen molar-refractivity contribution in [2.75, 3.05) is 34.5 Å². The highest BCUT2D eigenvalue weighted by atomic mass is 79.9. The molecule has 7 heteroatoms. The van der Waals surface area contributed by atoms with Gasteiger partial charge in [0, 0.05) is 16.6 Å². The number of carbonyl (C=O) groups is 1. The van der Waals surface area contributed by atoms with Crippen LogP contribution in [0.15, 0.2) is 65.1 Å². The first kappa shape index (κ1) is 23.0. The predicted molar refractivity (Wildman–Crippen MR) is 130 cm³/mol. The van der Waals surface area contributed by atoms with Crippen molar-refractivity contribution in [1.29, 1.82) is 0 Å². The Morgan fingerprint density at radius 3 is 2.30 bits per heavy atom. The van der Waals surface area contributed by atoms with E-state index in [0.717, 1.165) is 21.3 Å². The molecule has 0 saturated carbocycles. The van der Waals surface area contributed by atoms with E-state index in [1.54, 1.807) is 21.3 Å². The lowest BCUT2D eigenvalue weighted by Crippen LogP contribution is -2.42. The second-order valence-corrected chi connectivity index (χ2v) is 8.58. The fourth-order valence-corrected chi connectivity index (χ4v) is 4.48. The number of hydrogen-bond acceptors (Lipinski definition) is 5. The molecule has 0 radical (unpaired) electrons. The molecule has 0 N–H and O–H groups in total. The molecule has 1 aliphatic rings. The first-order valence-corrected chi connectivity index (χ1v) is 11.4. The highest BCUT2D eigenvalue weighted by Gasteiger charge is 2.33. The van der Waals surface area contributed by atoms with Crippen LogP contribution in [0.25, 0.3) is 0 Å². The Labute approximate surface area is 202 Å². The maximum Gasteiger partial charge on any atom is 0.254 e. The van der Waals surface area contributed by atoms with Gasteiger partial charge < -0.3 is 23.8 Å². The summed E-state index contributed by atoms with van der Waals surface area (Å²) in [6, 6.07) is 18.5. The molecule has 0 unspecified atom stereocenters. The summed E-state index contributed by atoms with van der Waals surface area (Å²) in [7, 11) is 4.86. The third-order valence-electron chi connectivity index (χ3n) is 5.80. The normalized spacial score (nSPS) is 14.9. The van der Waals surface area contributed by atoms with Gasteiger partial charge in [0.05, 0.1) is 27.4 Å². The zero-order valence-corrected chi connectivity index (χ0v) is 20.4. The van der Waals surface area contributed by atoms with E-state index >= 15 is 0 Å². The summed E-state index contributed by atoms with van der Waals surface area (Å²) >= 11 is 3.47. The molecule has 3 aromatic carbocycles. The van der Waals surface area contributed by atoms with Crippen LogP contribution in [0.2, 0.25) is 0 Å². The molecule has 0 saturated heterocycles.